The van der Waals surface area contributed by atoms with Crippen molar-refractivity contribution < 1.29 is 5.11 Å². The predicted molar refractivity (Wildman–Crippen MR) is 68.3 cm³/mol. The summed E-state index contributed by atoms with van der Waals surface area (Å²) in [5, 5.41) is 9.16. The van der Waals surface area contributed by atoms with Crippen LogP contribution in [0.25, 0.3) is 0 Å². The van der Waals surface area contributed by atoms with Gasteiger partial charge in [-0.05, 0) is 25.2 Å². The van der Waals surface area contributed by atoms with E-state index in [0.29, 0.717) is 6.04 Å². The van der Waals surface area contributed by atoms with Crippen molar-refractivity contribution in [3.63, 3.8) is 0 Å². The van der Waals surface area contributed by atoms with Gasteiger partial charge in [-0.15, -0.1) is 0 Å². The van der Waals surface area contributed by atoms with Gasteiger partial charge in [-0.3, -0.25) is 4.90 Å². The molecule has 1 unspecified atom stereocenters. The van der Waals surface area contributed by atoms with Crippen molar-refractivity contribution in [2.24, 2.45) is 11.1 Å². The smallest absolute Gasteiger partial charge is 0.0558 e. The van der Waals surface area contributed by atoms with Crippen molar-refractivity contribution in [1.82, 2.24) is 4.90 Å². The van der Waals surface area contributed by atoms with Crippen LogP contribution in [-0.4, -0.2) is 41.8 Å². The van der Waals surface area contributed by atoms with Crippen LogP contribution in [0.15, 0.2) is 0 Å². The molecule has 3 N–H and O–H groups in total. The minimum atomic E-state index is 0.123. The highest BCUT2D eigenvalue weighted by molar-refractivity contribution is 4.86. The number of rotatable bonds is 6. The summed E-state index contributed by atoms with van der Waals surface area (Å²) >= 11 is 0. The van der Waals surface area contributed by atoms with Gasteiger partial charge in [0.1, 0.15) is 0 Å². The summed E-state index contributed by atoms with van der Waals surface area (Å²) in [7, 11) is 0. The molecular formula is C13H28N2O. The van der Waals surface area contributed by atoms with Crippen molar-refractivity contribution in [1.29, 1.82) is 0 Å². The van der Waals surface area contributed by atoms with E-state index in [-0.39, 0.29) is 18.1 Å². The molecule has 1 atom stereocenters. The maximum Gasteiger partial charge on any atom is 0.0558 e. The molecule has 1 saturated carbocycles. The van der Waals surface area contributed by atoms with Crippen LogP contribution in [0.5, 0.6) is 0 Å². The number of hydrogen-bond acceptors (Lipinski definition) is 3. The van der Waals surface area contributed by atoms with Crippen LogP contribution in [0.3, 0.4) is 0 Å². The van der Waals surface area contributed by atoms with E-state index in [1.54, 1.807) is 0 Å². The van der Waals surface area contributed by atoms with Gasteiger partial charge in [-0.2, -0.15) is 0 Å². The molecule has 0 bridgehead atoms. The van der Waals surface area contributed by atoms with Gasteiger partial charge in [0.2, 0.25) is 0 Å². The molecule has 0 aromatic rings. The highest BCUT2D eigenvalue weighted by atomic mass is 16.3. The Morgan fingerprint density at radius 2 is 1.94 bits per heavy atom. The number of nitrogens with zero attached hydrogens (tertiary/aromatic N) is 1. The summed E-state index contributed by atoms with van der Waals surface area (Å²) < 4.78 is 0. The Morgan fingerprint density at radius 1 is 1.38 bits per heavy atom. The Bertz CT molecular complexity index is 198. The van der Waals surface area contributed by atoms with E-state index in [1.807, 2.05) is 0 Å². The number of hydrogen-bond donors (Lipinski definition) is 2. The first-order chi connectivity index (χ1) is 7.47. The molecule has 1 fully saturated rings. The van der Waals surface area contributed by atoms with E-state index in [0.717, 1.165) is 13.1 Å². The van der Waals surface area contributed by atoms with Crippen molar-refractivity contribution in [3.8, 4) is 0 Å². The van der Waals surface area contributed by atoms with Crippen LogP contribution < -0.4 is 5.73 Å². The highest BCUT2D eigenvalue weighted by Crippen LogP contribution is 2.28. The standard InChI is InChI=1S/C13H28N2O/c1-11(14)13(2,3)10-15(8-9-16)12-6-4-5-7-12/h11-12,16H,4-10,14H2,1-3H3. The molecule has 3 heteroatoms. The maximum atomic E-state index is 9.16. The molecule has 96 valence electrons. The van der Waals surface area contributed by atoms with Crippen LogP contribution in [0.4, 0.5) is 0 Å². The van der Waals surface area contributed by atoms with E-state index in [1.165, 1.54) is 25.7 Å². The van der Waals surface area contributed by atoms with Crippen molar-refractivity contribution in [2.75, 3.05) is 19.7 Å². The van der Waals surface area contributed by atoms with Crippen molar-refractivity contribution in [2.45, 2.75) is 58.5 Å². The lowest BCUT2D eigenvalue weighted by atomic mass is 9.85. The molecule has 1 aliphatic carbocycles. The fourth-order valence-electron chi connectivity index (χ4n) is 2.46. The second-order valence-electron chi connectivity index (χ2n) is 5.91. The first kappa shape index (κ1) is 13.9. The van der Waals surface area contributed by atoms with Gasteiger partial charge >= 0.3 is 0 Å². The number of aliphatic hydroxyl groups excluding tert-OH is 1. The SMILES string of the molecule is CC(N)C(C)(C)CN(CCO)C1CCCC1. The van der Waals surface area contributed by atoms with E-state index < -0.39 is 0 Å². The summed E-state index contributed by atoms with van der Waals surface area (Å²) in [6, 6.07) is 0.861. The summed E-state index contributed by atoms with van der Waals surface area (Å²) in [6.45, 7) is 8.56. The zero-order valence-corrected chi connectivity index (χ0v) is 11.1. The molecule has 0 spiro atoms. The Balaban J connectivity index is 2.56. The summed E-state index contributed by atoms with van der Waals surface area (Å²) in [4.78, 5) is 2.44. The molecule has 1 rings (SSSR count). The fourth-order valence-corrected chi connectivity index (χ4v) is 2.46. The molecule has 0 aromatic carbocycles. The fraction of sp³-hybridized carbons (Fsp3) is 1.00. The minimum absolute atomic E-state index is 0.123. The largest absolute Gasteiger partial charge is 0.395 e. The van der Waals surface area contributed by atoms with E-state index >= 15 is 0 Å². The predicted octanol–water partition coefficient (Wildman–Crippen LogP) is 1.60. The normalized spacial score (nSPS) is 20.6. The van der Waals surface area contributed by atoms with Gasteiger partial charge < -0.3 is 10.8 Å². The average molecular weight is 228 g/mol. The van der Waals surface area contributed by atoms with Crippen molar-refractivity contribution >= 4 is 0 Å². The second kappa shape index (κ2) is 5.99. The van der Waals surface area contributed by atoms with Crippen LogP contribution in [0.2, 0.25) is 0 Å². The molecule has 0 aromatic heterocycles. The highest BCUT2D eigenvalue weighted by Gasteiger charge is 2.30. The minimum Gasteiger partial charge on any atom is -0.395 e. The van der Waals surface area contributed by atoms with Crippen LogP contribution in [0.1, 0.15) is 46.5 Å². The third-order valence-electron chi connectivity index (χ3n) is 4.07. The Kier molecular flexibility index (Phi) is 5.22. The third kappa shape index (κ3) is 3.72. The quantitative estimate of drug-likeness (QED) is 0.726. The maximum absolute atomic E-state index is 9.16. The lowest BCUT2D eigenvalue weighted by Gasteiger charge is -2.38. The Morgan fingerprint density at radius 3 is 2.38 bits per heavy atom. The first-order valence-electron chi connectivity index (χ1n) is 6.58. The summed E-state index contributed by atoms with van der Waals surface area (Å²) in [5.74, 6) is 0. The summed E-state index contributed by atoms with van der Waals surface area (Å²) in [5.41, 5.74) is 6.15. The number of nitrogens with two attached hydrogens (primary N) is 1. The van der Waals surface area contributed by atoms with E-state index in [2.05, 4.69) is 25.7 Å². The second-order valence-corrected chi connectivity index (χ2v) is 5.91. The lowest BCUT2D eigenvalue weighted by molar-refractivity contribution is 0.0941. The molecule has 0 amide bonds. The molecule has 0 aliphatic heterocycles. The average Bonchev–Trinajstić information content (AvgIpc) is 2.69. The number of aliphatic hydroxyl groups is 1. The molecule has 1 aliphatic rings. The monoisotopic (exact) mass is 228 g/mol. The van der Waals surface area contributed by atoms with Gasteiger partial charge in [-0.25, -0.2) is 0 Å². The van der Waals surface area contributed by atoms with Gasteiger partial charge in [0.05, 0.1) is 6.61 Å². The van der Waals surface area contributed by atoms with Gasteiger partial charge in [0, 0.05) is 25.2 Å². The topological polar surface area (TPSA) is 49.5 Å². The van der Waals surface area contributed by atoms with Crippen LogP contribution in [0, 0.1) is 5.41 Å². The van der Waals surface area contributed by atoms with E-state index in [9.17, 15) is 0 Å². The Labute approximate surface area is 100 Å². The molecule has 16 heavy (non-hydrogen) atoms. The Hall–Kier alpha value is -0.120. The molecule has 0 heterocycles. The molecular weight excluding hydrogens is 200 g/mol. The van der Waals surface area contributed by atoms with Crippen LogP contribution in [-0.2, 0) is 0 Å². The van der Waals surface area contributed by atoms with Crippen molar-refractivity contribution in [3.05, 3.63) is 0 Å². The molecule has 0 saturated heterocycles. The first-order valence-corrected chi connectivity index (χ1v) is 6.58. The zero-order valence-electron chi connectivity index (χ0n) is 11.1. The molecule has 0 radical (unpaired) electrons. The van der Waals surface area contributed by atoms with Crippen LogP contribution >= 0.6 is 0 Å². The van der Waals surface area contributed by atoms with Gasteiger partial charge in [0.25, 0.3) is 0 Å². The third-order valence-corrected chi connectivity index (χ3v) is 4.07. The zero-order chi connectivity index (χ0) is 12.2. The van der Waals surface area contributed by atoms with E-state index in [4.69, 9.17) is 10.8 Å². The summed E-state index contributed by atoms with van der Waals surface area (Å²) in [6.07, 6.45) is 5.25. The molecule has 3 nitrogen and oxygen atoms in total. The van der Waals surface area contributed by atoms with Gasteiger partial charge in [0.15, 0.2) is 0 Å². The lowest BCUT2D eigenvalue weighted by Crippen LogP contribution is -2.48. The van der Waals surface area contributed by atoms with Gasteiger partial charge in [-0.1, -0.05) is 26.7 Å².